The van der Waals surface area contributed by atoms with E-state index in [1.807, 2.05) is 23.6 Å². The molecule has 1 saturated heterocycles. The molecule has 298 valence electrons. The Bertz CT molecular complexity index is 965. The van der Waals surface area contributed by atoms with Crippen molar-refractivity contribution in [1.29, 1.82) is 0 Å². The molecule has 6 N–H and O–H groups in total. The van der Waals surface area contributed by atoms with E-state index in [1.54, 1.807) is 11.8 Å². The standard InChI is InChI=1S/C16H30N4O5.C10H18O.C4H8N2O2.C3H6O2.CH4O/c1-2-17-3-5-18(11-12-21)6-8-20(14-16(24)25)10-9-19(7-4-17)13-15(22)23;1-8(2)10(11)9-6-4-3-5-7-9;1-5-4(8)2-6-3-7;1-2-3(4)5;1-2/h12H,2-11,13-14H2,1H3,(H,22,23)(H,24,25);8-9H,3-7H2,1-2H3;3H,2H2,1H3,(H,5,8)(H,6,7);2H2,1H3,(H,4,5);2H,1H3. The zero-order valence-electron chi connectivity index (χ0n) is 31.7. The monoisotopic (exact) mass is 734 g/mol. The minimum Gasteiger partial charge on any atom is -0.481 e. The Labute approximate surface area is 303 Å². The van der Waals surface area contributed by atoms with E-state index in [1.165, 1.54) is 26.3 Å². The molecule has 0 bridgehead atoms. The number of rotatable bonds is 13. The summed E-state index contributed by atoms with van der Waals surface area (Å²) in [7, 11) is 2.51. The van der Waals surface area contributed by atoms with Crippen molar-refractivity contribution in [1.82, 2.24) is 30.2 Å². The van der Waals surface area contributed by atoms with Crippen molar-refractivity contribution < 1.29 is 54.0 Å². The normalized spacial score (nSPS) is 16.5. The Morgan fingerprint density at radius 2 is 1.12 bits per heavy atom. The molecule has 17 heteroatoms. The van der Waals surface area contributed by atoms with E-state index in [9.17, 15) is 33.6 Å². The van der Waals surface area contributed by atoms with Crippen LogP contribution in [0.15, 0.2) is 0 Å². The molecule has 0 aromatic heterocycles. The number of ketones is 1. The van der Waals surface area contributed by atoms with E-state index >= 15 is 0 Å². The minimum absolute atomic E-state index is 0.0459. The van der Waals surface area contributed by atoms with Gasteiger partial charge in [0.2, 0.25) is 12.3 Å². The Balaban J connectivity index is -0.000000723. The SMILES string of the molecule is CC(C)C(=O)C1CCCCC1.CCC(=O)O.CCN1CCN(CC=O)CCN(CC(=O)O)CCN(CC(=O)O)CC1.CNC(=O)CNC=O.CO. The summed E-state index contributed by atoms with van der Waals surface area (Å²) in [4.78, 5) is 81.6. The molecule has 0 spiro atoms. The number of aliphatic carboxylic acids is 3. The predicted octanol–water partition coefficient (Wildman–Crippen LogP) is -0.0443. The highest BCUT2D eigenvalue weighted by molar-refractivity contribution is 5.82. The maximum absolute atomic E-state index is 11.5. The second-order valence-corrected chi connectivity index (χ2v) is 12.1. The number of Topliss-reactive ketones (excluding diaryl/α,β-unsaturated/α-hetero) is 1. The van der Waals surface area contributed by atoms with Gasteiger partial charge >= 0.3 is 17.9 Å². The van der Waals surface area contributed by atoms with Crippen molar-refractivity contribution in [2.75, 3.05) is 99.2 Å². The first-order valence-electron chi connectivity index (χ1n) is 17.6. The average molecular weight is 735 g/mol. The average Bonchev–Trinajstić information content (AvgIpc) is 3.11. The number of hydrogen-bond acceptors (Lipinski definition) is 12. The first-order chi connectivity index (χ1) is 24.2. The number of carboxylic acids is 3. The lowest BCUT2D eigenvalue weighted by Gasteiger charge is -2.32. The number of carboxylic acid groups (broad SMARTS) is 3. The van der Waals surface area contributed by atoms with Crippen molar-refractivity contribution in [2.45, 2.75) is 66.2 Å². The number of aliphatic hydroxyl groups excluding tert-OH is 1. The summed E-state index contributed by atoms with van der Waals surface area (Å²) in [6, 6.07) is 0. The molecule has 51 heavy (non-hydrogen) atoms. The van der Waals surface area contributed by atoms with Crippen LogP contribution in [-0.2, 0) is 33.6 Å². The second kappa shape index (κ2) is 34.9. The van der Waals surface area contributed by atoms with Crippen LogP contribution in [0.25, 0.3) is 0 Å². The number of nitrogens with zero attached hydrogens (tertiary/aromatic N) is 4. The fraction of sp³-hybridized carbons (Fsp3) is 0.794. The van der Waals surface area contributed by atoms with Gasteiger partial charge < -0.3 is 40.8 Å². The molecule has 1 aliphatic heterocycles. The van der Waals surface area contributed by atoms with E-state index in [4.69, 9.17) is 20.4 Å². The fourth-order valence-electron chi connectivity index (χ4n) is 4.96. The van der Waals surface area contributed by atoms with Crippen molar-refractivity contribution in [3.63, 3.8) is 0 Å². The molecular weight excluding hydrogens is 668 g/mol. The first kappa shape index (κ1) is 51.9. The molecule has 2 fully saturated rings. The molecule has 1 aliphatic carbocycles. The van der Waals surface area contributed by atoms with Crippen LogP contribution in [0.5, 0.6) is 0 Å². The molecule has 0 aromatic carbocycles. The van der Waals surface area contributed by atoms with Crippen molar-refractivity contribution in [3.8, 4) is 0 Å². The summed E-state index contributed by atoms with van der Waals surface area (Å²) in [5.74, 6) is -1.58. The van der Waals surface area contributed by atoms with Gasteiger partial charge in [-0.1, -0.05) is 47.0 Å². The van der Waals surface area contributed by atoms with Crippen LogP contribution in [0.2, 0.25) is 0 Å². The van der Waals surface area contributed by atoms with E-state index in [-0.39, 0.29) is 37.9 Å². The van der Waals surface area contributed by atoms with Crippen molar-refractivity contribution in [2.24, 2.45) is 11.8 Å². The van der Waals surface area contributed by atoms with Gasteiger partial charge in [-0.15, -0.1) is 0 Å². The highest BCUT2D eigenvalue weighted by atomic mass is 16.4. The van der Waals surface area contributed by atoms with Gasteiger partial charge in [0.05, 0.1) is 26.2 Å². The third-order valence-electron chi connectivity index (χ3n) is 7.93. The molecule has 0 unspecified atom stereocenters. The third kappa shape index (κ3) is 32.2. The van der Waals surface area contributed by atoms with Gasteiger partial charge in [-0.2, -0.15) is 0 Å². The molecule has 2 rings (SSSR count). The zero-order valence-corrected chi connectivity index (χ0v) is 31.7. The predicted molar refractivity (Wildman–Crippen MR) is 193 cm³/mol. The van der Waals surface area contributed by atoms with E-state index in [2.05, 4.69) is 22.5 Å². The molecule has 1 saturated carbocycles. The van der Waals surface area contributed by atoms with Gasteiger partial charge in [0.15, 0.2) is 0 Å². The number of carbonyl (C=O) groups is 7. The third-order valence-corrected chi connectivity index (χ3v) is 7.93. The maximum atomic E-state index is 11.5. The number of aldehydes is 1. The highest BCUT2D eigenvalue weighted by Gasteiger charge is 2.22. The number of likely N-dealkylation sites (N-methyl/N-ethyl adjacent to an activating group) is 2. The van der Waals surface area contributed by atoms with Crippen LogP contribution in [0.3, 0.4) is 0 Å². The number of amides is 2. The molecule has 2 aliphatic rings. The summed E-state index contributed by atoms with van der Waals surface area (Å²) in [6.07, 6.45) is 7.75. The Morgan fingerprint density at radius 3 is 1.43 bits per heavy atom. The molecule has 17 nitrogen and oxygen atoms in total. The molecule has 2 amide bonds. The highest BCUT2D eigenvalue weighted by Crippen LogP contribution is 2.26. The van der Waals surface area contributed by atoms with Gasteiger partial charge in [-0.05, 0) is 19.4 Å². The summed E-state index contributed by atoms with van der Waals surface area (Å²) in [5.41, 5.74) is 0. The lowest BCUT2D eigenvalue weighted by molar-refractivity contribution is -0.140. The number of nitrogens with one attached hydrogen (secondary N) is 2. The van der Waals surface area contributed by atoms with Gasteiger partial charge in [0.1, 0.15) is 12.1 Å². The number of aliphatic hydroxyl groups is 1. The Hall–Kier alpha value is -3.51. The Kier molecular flexibility index (Phi) is 35.5. The summed E-state index contributed by atoms with van der Waals surface area (Å²) in [6.45, 7) is 13.8. The molecule has 0 radical (unpaired) electrons. The Morgan fingerprint density at radius 1 is 0.706 bits per heavy atom. The molecule has 0 atom stereocenters. The van der Waals surface area contributed by atoms with Crippen molar-refractivity contribution in [3.05, 3.63) is 0 Å². The van der Waals surface area contributed by atoms with Crippen molar-refractivity contribution >= 4 is 42.3 Å². The van der Waals surface area contributed by atoms with Crippen LogP contribution < -0.4 is 10.6 Å². The summed E-state index contributed by atoms with van der Waals surface area (Å²) < 4.78 is 0. The summed E-state index contributed by atoms with van der Waals surface area (Å²) >= 11 is 0. The van der Waals surface area contributed by atoms with Crippen LogP contribution in [0.4, 0.5) is 0 Å². The fourth-order valence-corrected chi connectivity index (χ4v) is 4.96. The van der Waals surface area contributed by atoms with Gasteiger partial charge in [0.25, 0.3) is 0 Å². The smallest absolute Gasteiger partial charge is 0.317 e. The van der Waals surface area contributed by atoms with Crippen LogP contribution in [0, 0.1) is 11.8 Å². The van der Waals surface area contributed by atoms with Crippen LogP contribution >= 0.6 is 0 Å². The lowest BCUT2D eigenvalue weighted by Crippen LogP contribution is -2.47. The van der Waals surface area contributed by atoms with Gasteiger partial charge in [-0.25, -0.2) is 0 Å². The number of carbonyl (C=O) groups excluding carboxylic acids is 4. The van der Waals surface area contributed by atoms with Crippen LogP contribution in [-0.4, -0.2) is 182 Å². The zero-order chi connectivity index (χ0) is 39.6. The van der Waals surface area contributed by atoms with E-state index in [0.717, 1.165) is 52.4 Å². The van der Waals surface area contributed by atoms with E-state index in [0.29, 0.717) is 57.4 Å². The van der Waals surface area contributed by atoms with Gasteiger partial charge in [-0.3, -0.25) is 43.5 Å². The summed E-state index contributed by atoms with van der Waals surface area (Å²) in [5, 5.41) is 37.4. The van der Waals surface area contributed by atoms with Crippen LogP contribution in [0.1, 0.15) is 66.2 Å². The second-order valence-electron chi connectivity index (χ2n) is 12.1. The quantitative estimate of drug-likeness (QED) is 0.136. The molecule has 0 aromatic rings. The van der Waals surface area contributed by atoms with E-state index < -0.39 is 17.9 Å². The largest absolute Gasteiger partial charge is 0.481 e. The first-order valence-corrected chi connectivity index (χ1v) is 17.6. The molecule has 1 heterocycles. The molecular formula is C34H66N6O11. The maximum Gasteiger partial charge on any atom is 0.317 e. The number of hydrogen-bond donors (Lipinski definition) is 6. The topological polar surface area (TPSA) is 237 Å². The van der Waals surface area contributed by atoms with Gasteiger partial charge in [0, 0.05) is 84.8 Å². The lowest BCUT2D eigenvalue weighted by atomic mass is 9.83. The minimum atomic E-state index is -0.907.